The molecule has 3 nitrogen and oxygen atoms in total. The van der Waals surface area contributed by atoms with Gasteiger partial charge in [-0.15, -0.1) is 0 Å². The highest BCUT2D eigenvalue weighted by Gasteiger charge is 2.38. The van der Waals surface area contributed by atoms with Gasteiger partial charge in [-0.2, -0.15) is 0 Å². The van der Waals surface area contributed by atoms with Crippen molar-refractivity contribution in [3.05, 3.63) is 29.6 Å². The highest BCUT2D eigenvalue weighted by Crippen LogP contribution is 2.37. The molecular formula is C18H27N3. The fourth-order valence-electron chi connectivity index (χ4n) is 4.81. The van der Waals surface area contributed by atoms with Crippen molar-refractivity contribution in [1.82, 2.24) is 15.2 Å². The fraction of sp³-hybridized carbons (Fsp3) is 0.722. The molecule has 3 atom stereocenters. The Balaban J connectivity index is 1.38. The lowest BCUT2D eigenvalue weighted by atomic mass is 9.89. The number of pyridine rings is 1. The second kappa shape index (κ2) is 5.69. The van der Waals surface area contributed by atoms with E-state index in [1.807, 2.05) is 6.20 Å². The summed E-state index contributed by atoms with van der Waals surface area (Å²) in [6.45, 7) is 1.18. The van der Waals surface area contributed by atoms with Crippen LogP contribution in [-0.4, -0.2) is 35.6 Å². The van der Waals surface area contributed by atoms with Crippen LogP contribution in [0.2, 0.25) is 0 Å². The highest BCUT2D eigenvalue weighted by molar-refractivity contribution is 5.25. The maximum atomic E-state index is 4.65. The second-order valence-corrected chi connectivity index (χ2v) is 7.29. The van der Waals surface area contributed by atoms with Gasteiger partial charge in [0.25, 0.3) is 0 Å². The van der Waals surface area contributed by atoms with Gasteiger partial charge in [0.15, 0.2) is 0 Å². The number of hydrogen-bond acceptors (Lipinski definition) is 3. The molecule has 114 valence electrons. The molecule has 2 fully saturated rings. The predicted molar refractivity (Wildman–Crippen MR) is 85.2 cm³/mol. The molecule has 3 unspecified atom stereocenters. The van der Waals surface area contributed by atoms with E-state index in [2.05, 4.69) is 34.4 Å². The zero-order valence-electron chi connectivity index (χ0n) is 13.1. The van der Waals surface area contributed by atoms with Crippen LogP contribution in [0, 0.1) is 5.92 Å². The van der Waals surface area contributed by atoms with Crippen molar-refractivity contribution < 1.29 is 0 Å². The van der Waals surface area contributed by atoms with E-state index in [9.17, 15) is 0 Å². The first-order valence-corrected chi connectivity index (χ1v) is 8.70. The van der Waals surface area contributed by atoms with Gasteiger partial charge in [0.05, 0.1) is 5.69 Å². The Bertz CT molecular complexity index is 487. The number of piperidine rings is 1. The third kappa shape index (κ3) is 2.62. The number of fused-ring (bicyclic) bond motifs is 3. The molecule has 0 amide bonds. The van der Waals surface area contributed by atoms with Gasteiger partial charge in [-0.05, 0) is 76.1 Å². The number of aromatic nitrogens is 1. The summed E-state index contributed by atoms with van der Waals surface area (Å²) in [6.07, 6.45) is 11.3. The summed E-state index contributed by atoms with van der Waals surface area (Å²) >= 11 is 0. The molecule has 1 N–H and O–H groups in total. The zero-order valence-corrected chi connectivity index (χ0v) is 13.1. The number of hydrogen-bond donors (Lipinski definition) is 1. The van der Waals surface area contributed by atoms with Crippen LogP contribution < -0.4 is 5.32 Å². The van der Waals surface area contributed by atoms with E-state index >= 15 is 0 Å². The second-order valence-electron chi connectivity index (χ2n) is 7.29. The van der Waals surface area contributed by atoms with Gasteiger partial charge in [-0.3, -0.25) is 4.98 Å². The summed E-state index contributed by atoms with van der Waals surface area (Å²) in [5, 5.41) is 3.85. The predicted octanol–water partition coefficient (Wildman–Crippen LogP) is 2.92. The highest BCUT2D eigenvalue weighted by atomic mass is 15.2. The molecule has 0 radical (unpaired) electrons. The normalized spacial score (nSPS) is 35.7. The fourth-order valence-corrected chi connectivity index (χ4v) is 4.81. The lowest BCUT2D eigenvalue weighted by molar-refractivity contribution is 0.130. The summed E-state index contributed by atoms with van der Waals surface area (Å²) in [4.78, 5) is 7.28. The summed E-state index contributed by atoms with van der Waals surface area (Å²) in [5.74, 6) is 0.868. The minimum Gasteiger partial charge on any atom is -0.308 e. The van der Waals surface area contributed by atoms with Gasteiger partial charge in [-0.25, -0.2) is 0 Å². The van der Waals surface area contributed by atoms with E-state index in [0.717, 1.165) is 18.0 Å². The van der Waals surface area contributed by atoms with E-state index in [1.54, 1.807) is 0 Å². The Hall–Kier alpha value is -0.930. The average molecular weight is 285 g/mol. The minimum atomic E-state index is 0.493. The molecule has 0 spiro atoms. The first-order valence-electron chi connectivity index (χ1n) is 8.70. The van der Waals surface area contributed by atoms with Crippen molar-refractivity contribution >= 4 is 0 Å². The minimum absolute atomic E-state index is 0.493. The van der Waals surface area contributed by atoms with Crippen LogP contribution in [0.1, 0.15) is 55.8 Å². The molecule has 1 aromatic rings. The maximum absolute atomic E-state index is 4.65. The van der Waals surface area contributed by atoms with Crippen molar-refractivity contribution in [1.29, 1.82) is 0 Å². The first-order chi connectivity index (χ1) is 10.3. The molecule has 3 heteroatoms. The molecule has 1 aliphatic carbocycles. The summed E-state index contributed by atoms with van der Waals surface area (Å²) < 4.78 is 0. The van der Waals surface area contributed by atoms with Crippen LogP contribution in [0.4, 0.5) is 0 Å². The molecule has 21 heavy (non-hydrogen) atoms. The number of rotatable bonds is 3. The van der Waals surface area contributed by atoms with Gasteiger partial charge in [0.2, 0.25) is 0 Å². The monoisotopic (exact) mass is 285 g/mol. The summed E-state index contributed by atoms with van der Waals surface area (Å²) in [7, 11) is 2.33. The molecular weight excluding hydrogens is 258 g/mol. The summed E-state index contributed by atoms with van der Waals surface area (Å²) in [5.41, 5.74) is 2.78. The lowest BCUT2D eigenvalue weighted by Gasteiger charge is -2.37. The third-order valence-electron chi connectivity index (χ3n) is 6.04. The van der Waals surface area contributed by atoms with Crippen molar-refractivity contribution in [2.75, 3.05) is 13.6 Å². The standard InChI is InChI=1S/C18H27N3/c1-21-15-7-8-16(21)11-13(10-15)12-20-17-6-2-4-14-5-3-9-19-18(14)17/h3,5,9,13,15-17,20H,2,4,6-8,10-12H2,1H3. The molecule has 0 aromatic carbocycles. The van der Waals surface area contributed by atoms with E-state index in [-0.39, 0.29) is 0 Å². The van der Waals surface area contributed by atoms with Gasteiger partial charge >= 0.3 is 0 Å². The Kier molecular flexibility index (Phi) is 3.72. The SMILES string of the molecule is CN1C2CCC1CC(CNC1CCCc3cccnc31)C2. The van der Waals surface area contributed by atoms with E-state index in [1.165, 1.54) is 62.7 Å². The molecule has 4 rings (SSSR count). The van der Waals surface area contributed by atoms with E-state index in [0.29, 0.717) is 6.04 Å². The van der Waals surface area contributed by atoms with Crippen molar-refractivity contribution in [3.8, 4) is 0 Å². The number of nitrogens with zero attached hydrogens (tertiary/aromatic N) is 2. The van der Waals surface area contributed by atoms with Crippen LogP contribution in [-0.2, 0) is 6.42 Å². The van der Waals surface area contributed by atoms with E-state index in [4.69, 9.17) is 0 Å². The smallest absolute Gasteiger partial charge is 0.0605 e. The maximum Gasteiger partial charge on any atom is 0.0605 e. The molecule has 2 bridgehead atoms. The van der Waals surface area contributed by atoms with Crippen LogP contribution in [0.25, 0.3) is 0 Å². The Morgan fingerprint density at radius 3 is 2.86 bits per heavy atom. The van der Waals surface area contributed by atoms with Crippen molar-refractivity contribution in [3.63, 3.8) is 0 Å². The number of nitrogens with one attached hydrogen (secondary N) is 1. The van der Waals surface area contributed by atoms with Gasteiger partial charge < -0.3 is 10.2 Å². The Labute approximate surface area is 128 Å². The Morgan fingerprint density at radius 1 is 1.24 bits per heavy atom. The van der Waals surface area contributed by atoms with Crippen LogP contribution in [0.15, 0.2) is 18.3 Å². The molecule has 0 saturated carbocycles. The average Bonchev–Trinajstić information content (AvgIpc) is 2.75. The summed E-state index contributed by atoms with van der Waals surface area (Å²) in [6, 6.07) is 6.54. The van der Waals surface area contributed by atoms with Crippen LogP contribution >= 0.6 is 0 Å². The largest absolute Gasteiger partial charge is 0.308 e. The number of aryl methyl sites for hydroxylation is 1. The third-order valence-corrected chi connectivity index (χ3v) is 6.04. The van der Waals surface area contributed by atoms with E-state index < -0.39 is 0 Å². The molecule has 1 aromatic heterocycles. The molecule has 3 aliphatic rings. The zero-order chi connectivity index (χ0) is 14.2. The van der Waals surface area contributed by atoms with Crippen molar-refractivity contribution in [2.45, 2.75) is 63.1 Å². The molecule has 3 heterocycles. The van der Waals surface area contributed by atoms with Gasteiger partial charge in [0, 0.05) is 24.3 Å². The van der Waals surface area contributed by atoms with Crippen LogP contribution in [0.5, 0.6) is 0 Å². The van der Waals surface area contributed by atoms with Gasteiger partial charge in [0.1, 0.15) is 0 Å². The lowest BCUT2D eigenvalue weighted by Crippen LogP contribution is -2.43. The molecule has 2 aliphatic heterocycles. The molecule has 2 saturated heterocycles. The quantitative estimate of drug-likeness (QED) is 0.925. The Morgan fingerprint density at radius 2 is 2.05 bits per heavy atom. The van der Waals surface area contributed by atoms with Crippen LogP contribution in [0.3, 0.4) is 0 Å². The van der Waals surface area contributed by atoms with Crippen molar-refractivity contribution in [2.24, 2.45) is 5.92 Å². The topological polar surface area (TPSA) is 28.2 Å². The first kappa shape index (κ1) is 13.7. The van der Waals surface area contributed by atoms with Gasteiger partial charge in [-0.1, -0.05) is 6.07 Å².